The number of carbonyl (C=O) groups is 2. The maximum Gasteiger partial charge on any atom is 0.265 e. The molecule has 3 aromatic rings. The first-order valence-corrected chi connectivity index (χ1v) is 13.2. The molecule has 0 saturated carbocycles. The Morgan fingerprint density at radius 2 is 1.66 bits per heavy atom. The average Bonchev–Trinajstić information content (AvgIpc) is 3.62. The Labute approximate surface area is 226 Å². The largest absolute Gasteiger partial charge is 0.497 e. The first kappa shape index (κ1) is 27.1. The molecule has 200 valence electrons. The topological polar surface area (TPSA) is 99.0 Å². The molecule has 0 spiro atoms. The zero-order valence-corrected chi connectivity index (χ0v) is 22.7. The van der Waals surface area contributed by atoms with E-state index in [1.807, 2.05) is 35.8 Å². The Hall–Kier alpha value is -3.99. The van der Waals surface area contributed by atoms with Crippen LogP contribution in [-0.2, 0) is 16.1 Å². The third-order valence-corrected chi connectivity index (χ3v) is 7.07. The molecule has 38 heavy (non-hydrogen) atoms. The molecule has 0 aliphatic carbocycles. The summed E-state index contributed by atoms with van der Waals surface area (Å²) in [5.41, 5.74) is 1.62. The van der Waals surface area contributed by atoms with Crippen molar-refractivity contribution in [1.82, 2.24) is 24.8 Å². The normalized spacial score (nSPS) is 13.3. The molecule has 0 unspecified atom stereocenters. The van der Waals surface area contributed by atoms with Crippen LogP contribution >= 0.6 is 11.8 Å². The Kier molecular flexibility index (Phi) is 8.90. The Morgan fingerprint density at radius 3 is 2.34 bits per heavy atom. The minimum absolute atomic E-state index is 0.137. The van der Waals surface area contributed by atoms with E-state index in [4.69, 9.17) is 14.2 Å². The lowest BCUT2D eigenvalue weighted by atomic mass is 10.1. The Morgan fingerprint density at radius 1 is 0.947 bits per heavy atom. The van der Waals surface area contributed by atoms with Gasteiger partial charge < -0.3 is 18.8 Å². The lowest BCUT2D eigenvalue weighted by Gasteiger charge is -2.26. The summed E-state index contributed by atoms with van der Waals surface area (Å²) in [5.74, 6) is 2.46. The quantitative estimate of drug-likeness (QED) is 0.285. The van der Waals surface area contributed by atoms with Gasteiger partial charge in [-0.1, -0.05) is 11.8 Å². The SMILES string of the molecule is CCn1c(SCC(=O)N2CCCN2C(=O)/C=C/c2cc(OC)ccc2OC)nnc1-c1ccc(OC)cc1. The molecule has 2 heterocycles. The van der Waals surface area contributed by atoms with Crippen LogP contribution in [-0.4, -0.2) is 76.8 Å². The number of aromatic nitrogens is 3. The molecule has 1 fully saturated rings. The van der Waals surface area contributed by atoms with Crippen molar-refractivity contribution in [3.8, 4) is 28.6 Å². The van der Waals surface area contributed by atoms with Crippen LogP contribution in [0.15, 0.2) is 53.7 Å². The van der Waals surface area contributed by atoms with Crippen LogP contribution in [0.2, 0.25) is 0 Å². The predicted octanol–water partition coefficient (Wildman–Crippen LogP) is 3.77. The Bertz CT molecular complexity index is 1310. The zero-order chi connectivity index (χ0) is 27.1. The van der Waals surface area contributed by atoms with E-state index in [-0.39, 0.29) is 17.6 Å². The molecule has 1 saturated heterocycles. The minimum atomic E-state index is -0.274. The number of thioether (sulfide) groups is 1. The first-order valence-electron chi connectivity index (χ1n) is 12.2. The molecule has 0 N–H and O–H groups in total. The molecule has 2 amide bonds. The van der Waals surface area contributed by atoms with E-state index in [2.05, 4.69) is 10.2 Å². The van der Waals surface area contributed by atoms with Crippen LogP contribution in [0.1, 0.15) is 18.9 Å². The molecule has 0 atom stereocenters. The van der Waals surface area contributed by atoms with Gasteiger partial charge in [-0.05, 0) is 61.9 Å². The van der Waals surface area contributed by atoms with Gasteiger partial charge in [0, 0.05) is 36.8 Å². The average molecular weight is 538 g/mol. The second-order valence-corrected chi connectivity index (χ2v) is 9.28. The summed E-state index contributed by atoms with van der Waals surface area (Å²) in [6.07, 6.45) is 3.83. The molecule has 11 heteroatoms. The van der Waals surface area contributed by atoms with Crippen LogP contribution < -0.4 is 14.2 Å². The van der Waals surface area contributed by atoms with E-state index in [9.17, 15) is 9.59 Å². The van der Waals surface area contributed by atoms with Gasteiger partial charge in [-0.15, -0.1) is 10.2 Å². The lowest BCUT2D eigenvalue weighted by molar-refractivity contribution is -0.152. The van der Waals surface area contributed by atoms with Gasteiger partial charge in [0.25, 0.3) is 11.8 Å². The van der Waals surface area contributed by atoms with Crippen molar-refractivity contribution in [3.63, 3.8) is 0 Å². The van der Waals surface area contributed by atoms with Crippen LogP contribution in [0.25, 0.3) is 17.5 Å². The summed E-state index contributed by atoms with van der Waals surface area (Å²) in [7, 11) is 4.77. The van der Waals surface area contributed by atoms with E-state index in [1.54, 1.807) is 45.6 Å². The molecular weight excluding hydrogens is 506 g/mol. The van der Waals surface area contributed by atoms with Gasteiger partial charge in [0.1, 0.15) is 17.2 Å². The van der Waals surface area contributed by atoms with Crippen molar-refractivity contribution >= 4 is 29.7 Å². The van der Waals surface area contributed by atoms with Crippen molar-refractivity contribution in [2.75, 3.05) is 40.2 Å². The van der Waals surface area contributed by atoms with Gasteiger partial charge in [-0.25, -0.2) is 5.01 Å². The van der Waals surface area contributed by atoms with E-state index >= 15 is 0 Å². The van der Waals surface area contributed by atoms with E-state index in [1.165, 1.54) is 27.9 Å². The summed E-state index contributed by atoms with van der Waals surface area (Å²) in [5, 5.41) is 12.3. The van der Waals surface area contributed by atoms with Gasteiger partial charge in [-0.2, -0.15) is 0 Å². The lowest BCUT2D eigenvalue weighted by Crippen LogP contribution is -2.45. The van der Waals surface area contributed by atoms with Gasteiger partial charge in [0.15, 0.2) is 11.0 Å². The standard InChI is InChI=1S/C27H31N5O5S/c1-5-30-26(19-7-10-21(35-2)11-8-19)28-29-27(30)38-18-25(34)32-16-6-15-31(32)24(33)14-9-20-17-22(36-3)12-13-23(20)37-4/h7-14,17H,5-6,15-16,18H2,1-4H3/b14-9+. The highest BCUT2D eigenvalue weighted by atomic mass is 32.2. The van der Waals surface area contributed by atoms with Gasteiger partial charge >= 0.3 is 0 Å². The molecule has 10 nitrogen and oxygen atoms in total. The molecule has 2 aromatic carbocycles. The van der Waals surface area contributed by atoms with Gasteiger partial charge in [0.05, 0.1) is 27.1 Å². The summed E-state index contributed by atoms with van der Waals surface area (Å²) >= 11 is 1.31. The predicted molar refractivity (Wildman–Crippen MR) is 145 cm³/mol. The second-order valence-electron chi connectivity index (χ2n) is 8.34. The third kappa shape index (κ3) is 5.94. The Balaban J connectivity index is 1.42. The van der Waals surface area contributed by atoms with Crippen molar-refractivity contribution < 1.29 is 23.8 Å². The highest BCUT2D eigenvalue weighted by Gasteiger charge is 2.30. The maximum atomic E-state index is 13.1. The van der Waals surface area contributed by atoms with Crippen molar-refractivity contribution in [1.29, 1.82) is 0 Å². The second kappa shape index (κ2) is 12.5. The third-order valence-electron chi connectivity index (χ3n) is 6.12. The molecule has 0 radical (unpaired) electrons. The number of carbonyl (C=O) groups excluding carboxylic acids is 2. The van der Waals surface area contributed by atoms with Crippen LogP contribution in [0, 0.1) is 0 Å². The summed E-state index contributed by atoms with van der Waals surface area (Å²) in [4.78, 5) is 26.1. The number of nitrogens with zero attached hydrogens (tertiary/aromatic N) is 5. The van der Waals surface area contributed by atoms with Gasteiger partial charge in [-0.3, -0.25) is 14.6 Å². The van der Waals surface area contributed by atoms with Crippen LogP contribution in [0.4, 0.5) is 0 Å². The number of methoxy groups -OCH3 is 3. The number of hydrogen-bond acceptors (Lipinski definition) is 8. The fourth-order valence-electron chi connectivity index (χ4n) is 4.15. The van der Waals surface area contributed by atoms with Crippen molar-refractivity contribution in [2.45, 2.75) is 25.0 Å². The fourth-order valence-corrected chi connectivity index (χ4v) is 5.02. The number of ether oxygens (including phenoxy) is 3. The monoisotopic (exact) mass is 537 g/mol. The first-order chi connectivity index (χ1) is 18.5. The summed E-state index contributed by atoms with van der Waals surface area (Å²) < 4.78 is 17.8. The number of benzene rings is 2. The molecule has 1 aliphatic rings. The van der Waals surface area contributed by atoms with Crippen LogP contribution in [0.5, 0.6) is 17.2 Å². The maximum absolute atomic E-state index is 13.1. The molecule has 4 rings (SSSR count). The van der Waals surface area contributed by atoms with Crippen molar-refractivity contribution in [2.24, 2.45) is 0 Å². The van der Waals surface area contributed by atoms with E-state index in [0.717, 1.165) is 17.1 Å². The number of hydrazine groups is 1. The number of rotatable bonds is 10. The zero-order valence-electron chi connectivity index (χ0n) is 21.9. The number of amides is 2. The fraction of sp³-hybridized carbons (Fsp3) is 0.333. The molecule has 0 bridgehead atoms. The van der Waals surface area contributed by atoms with E-state index in [0.29, 0.717) is 48.3 Å². The highest BCUT2D eigenvalue weighted by molar-refractivity contribution is 7.99. The molecular formula is C27H31N5O5S. The minimum Gasteiger partial charge on any atom is -0.497 e. The van der Waals surface area contributed by atoms with Crippen molar-refractivity contribution in [3.05, 3.63) is 54.1 Å². The van der Waals surface area contributed by atoms with Gasteiger partial charge in [0.2, 0.25) is 0 Å². The number of hydrogen-bond donors (Lipinski definition) is 0. The molecule has 1 aliphatic heterocycles. The van der Waals surface area contributed by atoms with Crippen LogP contribution in [0.3, 0.4) is 0 Å². The van der Waals surface area contributed by atoms with E-state index < -0.39 is 0 Å². The summed E-state index contributed by atoms with van der Waals surface area (Å²) in [6.45, 7) is 3.62. The molecule has 1 aromatic heterocycles. The summed E-state index contributed by atoms with van der Waals surface area (Å²) in [6, 6.07) is 13.0. The highest BCUT2D eigenvalue weighted by Crippen LogP contribution is 2.27. The smallest absolute Gasteiger partial charge is 0.265 e.